The van der Waals surface area contributed by atoms with Crippen molar-refractivity contribution < 1.29 is 15.1 Å². The van der Waals surface area contributed by atoms with Gasteiger partial charge in [0.25, 0.3) is 0 Å². The van der Waals surface area contributed by atoms with E-state index in [1.165, 1.54) is 12.1 Å². The molecule has 0 aliphatic carbocycles. The van der Waals surface area contributed by atoms with Crippen molar-refractivity contribution in [2.45, 2.75) is 18.9 Å². The molecule has 6 nitrogen and oxygen atoms in total. The quantitative estimate of drug-likeness (QED) is 0.330. The van der Waals surface area contributed by atoms with Crippen molar-refractivity contribution in [2.75, 3.05) is 0 Å². The summed E-state index contributed by atoms with van der Waals surface area (Å²) in [6, 6.07) is 1.96. The van der Waals surface area contributed by atoms with Gasteiger partial charge in [-0.1, -0.05) is 6.08 Å². The molecule has 7 heteroatoms. The number of phenols is 2. The van der Waals surface area contributed by atoms with Crippen LogP contribution in [-0.2, 0) is 0 Å². The molecular formula is C11H15ClN2O4. The van der Waals surface area contributed by atoms with E-state index in [1.807, 2.05) is 0 Å². The Bertz CT molecular complexity index is 451. The summed E-state index contributed by atoms with van der Waals surface area (Å²) in [6.45, 7) is 3.55. The average molecular weight is 275 g/mol. The Morgan fingerprint density at radius 2 is 2.11 bits per heavy atom. The Morgan fingerprint density at radius 1 is 1.50 bits per heavy atom. The van der Waals surface area contributed by atoms with Crippen molar-refractivity contribution >= 4 is 18.1 Å². The fraction of sp³-hybridized carbons (Fsp3) is 0.273. The van der Waals surface area contributed by atoms with Gasteiger partial charge in [-0.05, 0) is 24.5 Å². The second kappa shape index (κ2) is 6.83. The van der Waals surface area contributed by atoms with Crippen molar-refractivity contribution in [3.63, 3.8) is 0 Å². The summed E-state index contributed by atoms with van der Waals surface area (Å²) in [5.41, 5.74) is 5.67. The van der Waals surface area contributed by atoms with Gasteiger partial charge in [-0.2, -0.15) is 0 Å². The van der Waals surface area contributed by atoms with Crippen molar-refractivity contribution in [1.29, 1.82) is 0 Å². The second-order valence-corrected chi connectivity index (χ2v) is 3.64. The van der Waals surface area contributed by atoms with E-state index in [4.69, 9.17) is 5.73 Å². The molecule has 0 saturated carbocycles. The van der Waals surface area contributed by atoms with Gasteiger partial charge in [-0.3, -0.25) is 10.1 Å². The first kappa shape index (κ1) is 16.2. The lowest BCUT2D eigenvalue weighted by molar-refractivity contribution is -0.386. The zero-order chi connectivity index (χ0) is 13.0. The van der Waals surface area contributed by atoms with E-state index in [1.54, 1.807) is 6.08 Å². The van der Waals surface area contributed by atoms with Crippen LogP contribution in [0.25, 0.3) is 0 Å². The lowest BCUT2D eigenvalue weighted by Crippen LogP contribution is -2.10. The molecule has 0 fully saturated rings. The molecule has 0 amide bonds. The van der Waals surface area contributed by atoms with Crippen LogP contribution in [-0.4, -0.2) is 15.1 Å². The van der Waals surface area contributed by atoms with Gasteiger partial charge < -0.3 is 15.9 Å². The van der Waals surface area contributed by atoms with E-state index in [9.17, 15) is 20.3 Å². The fourth-order valence-electron chi connectivity index (χ4n) is 1.44. The third kappa shape index (κ3) is 3.61. The number of halogens is 1. The second-order valence-electron chi connectivity index (χ2n) is 3.64. The molecule has 1 rings (SSSR count). The van der Waals surface area contributed by atoms with Gasteiger partial charge in [0.2, 0.25) is 5.75 Å². The minimum absolute atomic E-state index is 0. The highest BCUT2D eigenvalue weighted by Crippen LogP contribution is 2.37. The molecule has 0 spiro atoms. The van der Waals surface area contributed by atoms with Gasteiger partial charge in [-0.25, -0.2) is 0 Å². The molecule has 0 unspecified atom stereocenters. The van der Waals surface area contributed by atoms with Crippen LogP contribution in [0.3, 0.4) is 0 Å². The third-order valence-electron chi connectivity index (χ3n) is 2.40. The molecule has 0 aliphatic heterocycles. The Balaban J connectivity index is 0.00000289. The molecular weight excluding hydrogens is 260 g/mol. The number of allylic oxidation sites excluding steroid dienone is 1. The van der Waals surface area contributed by atoms with Gasteiger partial charge in [0.1, 0.15) is 0 Å². The molecule has 0 saturated heterocycles. The largest absolute Gasteiger partial charge is 0.504 e. The van der Waals surface area contributed by atoms with Gasteiger partial charge in [0.15, 0.2) is 5.75 Å². The minimum Gasteiger partial charge on any atom is -0.504 e. The van der Waals surface area contributed by atoms with E-state index in [0.717, 1.165) is 0 Å². The molecule has 0 radical (unpaired) electrons. The van der Waals surface area contributed by atoms with Crippen LogP contribution >= 0.6 is 12.4 Å². The van der Waals surface area contributed by atoms with E-state index in [0.29, 0.717) is 18.4 Å². The topological polar surface area (TPSA) is 110 Å². The molecule has 1 aromatic carbocycles. The summed E-state index contributed by atoms with van der Waals surface area (Å²) in [7, 11) is 0. The van der Waals surface area contributed by atoms with Gasteiger partial charge in [0, 0.05) is 12.1 Å². The van der Waals surface area contributed by atoms with Crippen LogP contribution in [0, 0.1) is 10.1 Å². The molecule has 1 aromatic rings. The first-order chi connectivity index (χ1) is 7.97. The summed E-state index contributed by atoms with van der Waals surface area (Å²) in [5.74, 6) is -1.28. The molecule has 1 atom stereocenters. The van der Waals surface area contributed by atoms with Crippen LogP contribution in [0.5, 0.6) is 11.5 Å². The first-order valence-electron chi connectivity index (χ1n) is 5.04. The zero-order valence-electron chi connectivity index (χ0n) is 9.57. The average Bonchev–Trinajstić information content (AvgIpc) is 2.28. The zero-order valence-corrected chi connectivity index (χ0v) is 10.4. The number of hydrogen-bond acceptors (Lipinski definition) is 5. The summed E-state index contributed by atoms with van der Waals surface area (Å²) in [4.78, 5) is 9.88. The SMILES string of the molecule is C=CCC[C@H](N)c1cc(O)c(O)c([N+](=O)[O-])c1.Cl. The van der Waals surface area contributed by atoms with E-state index in [-0.39, 0.29) is 12.4 Å². The van der Waals surface area contributed by atoms with Crippen LogP contribution in [0.15, 0.2) is 24.8 Å². The first-order valence-corrected chi connectivity index (χ1v) is 5.04. The van der Waals surface area contributed by atoms with Gasteiger partial charge in [-0.15, -0.1) is 19.0 Å². The number of nitro groups is 1. The molecule has 4 N–H and O–H groups in total. The fourth-order valence-corrected chi connectivity index (χ4v) is 1.44. The van der Waals surface area contributed by atoms with Crippen LogP contribution < -0.4 is 5.73 Å². The highest BCUT2D eigenvalue weighted by Gasteiger charge is 2.20. The van der Waals surface area contributed by atoms with Crippen LogP contribution in [0.4, 0.5) is 5.69 Å². The lowest BCUT2D eigenvalue weighted by atomic mass is 10.0. The maximum absolute atomic E-state index is 10.6. The molecule has 18 heavy (non-hydrogen) atoms. The molecule has 100 valence electrons. The predicted molar refractivity (Wildman–Crippen MR) is 70.0 cm³/mol. The van der Waals surface area contributed by atoms with Crippen molar-refractivity contribution in [1.82, 2.24) is 0 Å². The number of phenolic OH excluding ortho intramolecular Hbond substituents is 2. The van der Waals surface area contributed by atoms with Crippen molar-refractivity contribution in [3.05, 3.63) is 40.5 Å². The van der Waals surface area contributed by atoms with Gasteiger partial charge >= 0.3 is 5.69 Å². The Labute approximate surface area is 110 Å². The summed E-state index contributed by atoms with van der Waals surface area (Å²) in [6.07, 6.45) is 2.91. The van der Waals surface area contributed by atoms with Crippen LogP contribution in [0.1, 0.15) is 24.4 Å². The van der Waals surface area contributed by atoms with E-state index >= 15 is 0 Å². The standard InChI is InChI=1S/C11H14N2O4.ClH/c1-2-3-4-8(12)7-5-9(13(16)17)11(15)10(14)6-7;/h2,5-6,8,14-15H,1,3-4,12H2;1H/t8-;/m0./s1. The number of rotatable bonds is 5. The predicted octanol–water partition coefficient (Wildman–Crippen LogP) is 2.39. The summed E-state index contributed by atoms with van der Waals surface area (Å²) in [5, 5.41) is 29.3. The monoisotopic (exact) mass is 274 g/mol. The highest BCUT2D eigenvalue weighted by molar-refractivity contribution is 5.85. The third-order valence-corrected chi connectivity index (χ3v) is 2.40. The Morgan fingerprint density at radius 3 is 2.61 bits per heavy atom. The summed E-state index contributed by atoms with van der Waals surface area (Å²) >= 11 is 0. The highest BCUT2D eigenvalue weighted by atomic mass is 35.5. The number of hydrogen-bond donors (Lipinski definition) is 3. The maximum atomic E-state index is 10.6. The van der Waals surface area contributed by atoms with Crippen molar-refractivity contribution in [2.24, 2.45) is 5.73 Å². The molecule has 0 bridgehead atoms. The lowest BCUT2D eigenvalue weighted by Gasteiger charge is -2.11. The minimum atomic E-state index is -0.765. The number of nitrogens with two attached hydrogens (primary N) is 1. The normalized spacial score (nSPS) is 11.4. The number of nitro benzene ring substituents is 1. The number of aromatic hydroxyl groups is 2. The molecule has 0 heterocycles. The number of benzene rings is 1. The maximum Gasteiger partial charge on any atom is 0.314 e. The Hall–Kier alpha value is -1.79. The smallest absolute Gasteiger partial charge is 0.314 e. The summed E-state index contributed by atoms with van der Waals surface area (Å²) < 4.78 is 0. The molecule has 0 aliphatic rings. The van der Waals surface area contributed by atoms with E-state index < -0.39 is 28.2 Å². The van der Waals surface area contributed by atoms with Gasteiger partial charge in [0.05, 0.1) is 4.92 Å². The van der Waals surface area contributed by atoms with Crippen LogP contribution in [0.2, 0.25) is 0 Å². The van der Waals surface area contributed by atoms with Crippen molar-refractivity contribution in [3.8, 4) is 11.5 Å². The number of nitrogens with zero attached hydrogens (tertiary/aromatic N) is 1. The molecule has 0 aromatic heterocycles. The van der Waals surface area contributed by atoms with E-state index in [2.05, 4.69) is 6.58 Å². The Kier molecular flexibility index (Phi) is 6.15.